The second-order valence-electron chi connectivity index (χ2n) is 12.8. The van der Waals surface area contributed by atoms with Crippen LogP contribution in [0.4, 0.5) is 11.4 Å². The predicted molar refractivity (Wildman–Crippen MR) is 184 cm³/mol. The Labute approximate surface area is 283 Å². The number of amides is 3. The SMILES string of the molecule is C[C@H](/C=C/CC(=O)N1Cc2ccccc2C[C@H]1CO)[C@@]1(O)C(=O)N(Cc2cccc(NC(=O)C3CCCNC3)c2)c2ccc(Br)cc21. The van der Waals surface area contributed by atoms with Crippen molar-refractivity contribution in [2.45, 2.75) is 57.3 Å². The Bertz CT molecular complexity index is 1690. The summed E-state index contributed by atoms with van der Waals surface area (Å²) >= 11 is 3.50. The molecular weight excluding hydrogens is 660 g/mol. The van der Waals surface area contributed by atoms with Gasteiger partial charge in [-0.1, -0.05) is 71.4 Å². The number of benzene rings is 3. The van der Waals surface area contributed by atoms with Crippen LogP contribution in [0.3, 0.4) is 0 Å². The summed E-state index contributed by atoms with van der Waals surface area (Å²) in [6.07, 6.45) is 5.94. The van der Waals surface area contributed by atoms with Gasteiger partial charge in [0.15, 0.2) is 5.60 Å². The number of aliphatic hydroxyl groups excluding tert-OH is 1. The van der Waals surface area contributed by atoms with Gasteiger partial charge in [0, 0.05) is 41.2 Å². The molecular formula is C37H41BrN4O5. The van der Waals surface area contributed by atoms with E-state index >= 15 is 0 Å². The Morgan fingerprint density at radius 1 is 1.13 bits per heavy atom. The molecule has 10 heteroatoms. The maximum atomic E-state index is 14.1. The lowest BCUT2D eigenvalue weighted by Crippen LogP contribution is -2.46. The molecule has 0 radical (unpaired) electrons. The van der Waals surface area contributed by atoms with Crippen molar-refractivity contribution in [3.05, 3.63) is 106 Å². The predicted octanol–water partition coefficient (Wildman–Crippen LogP) is 4.65. The van der Waals surface area contributed by atoms with E-state index in [9.17, 15) is 24.6 Å². The van der Waals surface area contributed by atoms with Gasteiger partial charge in [0.1, 0.15) is 0 Å². The fraction of sp³-hybridized carbons (Fsp3) is 0.378. The summed E-state index contributed by atoms with van der Waals surface area (Å²) < 4.78 is 0.734. The summed E-state index contributed by atoms with van der Waals surface area (Å²) in [7, 11) is 0. The van der Waals surface area contributed by atoms with Gasteiger partial charge in [-0.25, -0.2) is 0 Å². The van der Waals surface area contributed by atoms with Crippen LogP contribution in [0, 0.1) is 11.8 Å². The third kappa shape index (κ3) is 6.78. The molecule has 3 aromatic carbocycles. The number of hydrogen-bond donors (Lipinski definition) is 4. The Kier molecular flexibility index (Phi) is 9.93. The highest BCUT2D eigenvalue weighted by Crippen LogP contribution is 2.47. The van der Waals surface area contributed by atoms with Crippen LogP contribution in [0.1, 0.15) is 48.4 Å². The molecule has 47 heavy (non-hydrogen) atoms. The van der Waals surface area contributed by atoms with Crippen LogP contribution in [-0.2, 0) is 39.5 Å². The van der Waals surface area contributed by atoms with Crippen molar-refractivity contribution in [3.63, 3.8) is 0 Å². The first kappa shape index (κ1) is 33.1. The van der Waals surface area contributed by atoms with Crippen molar-refractivity contribution in [3.8, 4) is 0 Å². The average Bonchev–Trinajstić information content (AvgIpc) is 3.29. The molecule has 3 aliphatic rings. The molecule has 3 heterocycles. The molecule has 246 valence electrons. The number of fused-ring (bicyclic) bond motifs is 2. The first-order valence-corrected chi connectivity index (χ1v) is 17.1. The van der Waals surface area contributed by atoms with Crippen LogP contribution >= 0.6 is 15.9 Å². The van der Waals surface area contributed by atoms with E-state index in [0.717, 1.165) is 40.5 Å². The topological polar surface area (TPSA) is 122 Å². The van der Waals surface area contributed by atoms with E-state index in [4.69, 9.17) is 0 Å². The van der Waals surface area contributed by atoms with Crippen molar-refractivity contribution in [1.29, 1.82) is 0 Å². The van der Waals surface area contributed by atoms with Crippen molar-refractivity contribution in [2.24, 2.45) is 11.8 Å². The summed E-state index contributed by atoms with van der Waals surface area (Å²) in [5, 5.41) is 28.4. The number of nitrogens with one attached hydrogen (secondary N) is 2. The molecule has 1 fully saturated rings. The highest BCUT2D eigenvalue weighted by Gasteiger charge is 2.52. The van der Waals surface area contributed by atoms with Crippen LogP contribution in [0.2, 0.25) is 0 Å². The minimum Gasteiger partial charge on any atom is -0.394 e. The number of carbonyl (C=O) groups excluding carboxylic acids is 3. The largest absolute Gasteiger partial charge is 0.394 e. The smallest absolute Gasteiger partial charge is 0.264 e. The molecule has 6 rings (SSSR count). The van der Waals surface area contributed by atoms with E-state index < -0.39 is 17.4 Å². The third-order valence-corrected chi connectivity index (χ3v) is 10.2. The van der Waals surface area contributed by atoms with E-state index in [0.29, 0.717) is 36.4 Å². The highest BCUT2D eigenvalue weighted by atomic mass is 79.9. The molecule has 0 aromatic heterocycles. The summed E-state index contributed by atoms with van der Waals surface area (Å²) in [6, 6.07) is 20.5. The molecule has 3 aliphatic heterocycles. The van der Waals surface area contributed by atoms with Crippen LogP contribution in [0.5, 0.6) is 0 Å². The number of nitrogens with zero attached hydrogens (tertiary/aromatic N) is 2. The molecule has 1 unspecified atom stereocenters. The normalized spacial score (nSPS) is 23.0. The van der Waals surface area contributed by atoms with E-state index in [1.165, 1.54) is 0 Å². The van der Waals surface area contributed by atoms with Crippen LogP contribution in [0.15, 0.2) is 83.4 Å². The van der Waals surface area contributed by atoms with E-state index in [2.05, 4.69) is 26.6 Å². The Balaban J connectivity index is 1.17. The molecule has 0 saturated carbocycles. The minimum atomic E-state index is -1.85. The monoisotopic (exact) mass is 700 g/mol. The number of halogens is 1. The molecule has 0 spiro atoms. The standard InChI is InChI=1S/C37H41BrN4O5/c1-24(7-4-13-34(44)41-22-28-10-3-2-9-26(28)18-31(41)23-43)37(47)32-19-29(38)14-15-33(32)42(36(37)46)21-25-8-5-12-30(17-25)40-35(45)27-11-6-16-39-20-27/h2-5,7-10,12,14-15,17,19,24,27,31,39,43,47H,6,11,13,16,18,20-23H2,1H3,(H,40,45)/b7-4+/t24-,27?,31+,37+/m1/s1. The number of aliphatic hydroxyl groups is 2. The zero-order valence-electron chi connectivity index (χ0n) is 26.5. The van der Waals surface area contributed by atoms with Gasteiger partial charge >= 0.3 is 0 Å². The number of hydrogen-bond acceptors (Lipinski definition) is 6. The minimum absolute atomic E-state index is 0.0211. The van der Waals surface area contributed by atoms with Gasteiger partial charge in [-0.2, -0.15) is 0 Å². The van der Waals surface area contributed by atoms with Gasteiger partial charge in [0.2, 0.25) is 11.8 Å². The highest BCUT2D eigenvalue weighted by molar-refractivity contribution is 9.10. The fourth-order valence-electron chi connectivity index (χ4n) is 7.00. The van der Waals surface area contributed by atoms with Gasteiger partial charge in [-0.3, -0.25) is 14.4 Å². The number of carbonyl (C=O) groups is 3. The van der Waals surface area contributed by atoms with Gasteiger partial charge in [-0.15, -0.1) is 0 Å². The lowest BCUT2D eigenvalue weighted by molar-refractivity contribution is -0.139. The van der Waals surface area contributed by atoms with E-state index in [-0.39, 0.29) is 43.3 Å². The molecule has 0 aliphatic carbocycles. The van der Waals surface area contributed by atoms with Gasteiger partial charge < -0.3 is 30.6 Å². The summed E-state index contributed by atoms with van der Waals surface area (Å²) in [5.74, 6) is -1.32. The van der Waals surface area contributed by atoms with Crippen LogP contribution < -0.4 is 15.5 Å². The van der Waals surface area contributed by atoms with Crippen molar-refractivity contribution in [2.75, 3.05) is 29.9 Å². The van der Waals surface area contributed by atoms with Crippen molar-refractivity contribution in [1.82, 2.24) is 10.2 Å². The maximum Gasteiger partial charge on any atom is 0.264 e. The van der Waals surface area contributed by atoms with Crippen molar-refractivity contribution < 1.29 is 24.6 Å². The zero-order chi connectivity index (χ0) is 33.1. The first-order valence-electron chi connectivity index (χ1n) is 16.3. The quantitative estimate of drug-likeness (QED) is 0.241. The van der Waals surface area contributed by atoms with Gasteiger partial charge in [-0.05, 0) is 72.8 Å². The van der Waals surface area contributed by atoms with Gasteiger partial charge in [0.25, 0.3) is 5.91 Å². The molecule has 4 N–H and O–H groups in total. The molecule has 3 aromatic rings. The zero-order valence-corrected chi connectivity index (χ0v) is 28.1. The first-order chi connectivity index (χ1) is 22.7. The van der Waals surface area contributed by atoms with Gasteiger partial charge in [0.05, 0.1) is 30.8 Å². The van der Waals surface area contributed by atoms with E-state index in [1.54, 1.807) is 34.9 Å². The molecule has 1 saturated heterocycles. The number of anilines is 2. The second-order valence-corrected chi connectivity index (χ2v) is 13.7. The second kappa shape index (κ2) is 14.1. The van der Waals surface area contributed by atoms with E-state index in [1.807, 2.05) is 60.7 Å². The van der Waals surface area contributed by atoms with Crippen LogP contribution in [0.25, 0.3) is 0 Å². The number of rotatable bonds is 9. The number of piperidine rings is 1. The molecule has 3 amide bonds. The fourth-order valence-corrected chi connectivity index (χ4v) is 7.36. The molecule has 0 bridgehead atoms. The summed E-state index contributed by atoms with van der Waals surface area (Å²) in [5.41, 5.74) is 2.94. The lowest BCUT2D eigenvalue weighted by Gasteiger charge is -2.36. The Morgan fingerprint density at radius 2 is 1.94 bits per heavy atom. The van der Waals surface area contributed by atoms with Crippen LogP contribution in [-0.4, -0.2) is 58.6 Å². The summed E-state index contributed by atoms with van der Waals surface area (Å²) in [6.45, 7) is 3.89. The average molecular weight is 702 g/mol. The maximum absolute atomic E-state index is 14.1. The molecule has 9 nitrogen and oxygen atoms in total. The Hall–Kier alpha value is -3.83. The summed E-state index contributed by atoms with van der Waals surface area (Å²) in [4.78, 5) is 43.5. The third-order valence-electron chi connectivity index (χ3n) is 9.70. The lowest BCUT2D eigenvalue weighted by atomic mass is 9.83. The Morgan fingerprint density at radius 3 is 2.70 bits per heavy atom. The molecule has 4 atom stereocenters. The van der Waals surface area contributed by atoms with Crippen molar-refractivity contribution >= 4 is 45.0 Å².